The van der Waals surface area contributed by atoms with Crippen LogP contribution in [0, 0.1) is 17.7 Å². The lowest BCUT2D eigenvalue weighted by molar-refractivity contribution is -0.140. The minimum absolute atomic E-state index is 0.353. The van der Waals surface area contributed by atoms with Crippen LogP contribution in [0.15, 0.2) is 18.2 Å². The Morgan fingerprint density at radius 3 is 2.55 bits per heavy atom. The maximum Gasteiger partial charge on any atom is 0.419 e. The number of hydrogen-bond donors (Lipinski definition) is 0. The van der Waals surface area contributed by atoms with Gasteiger partial charge >= 0.3 is 6.18 Å². The van der Waals surface area contributed by atoms with Crippen molar-refractivity contribution in [1.29, 1.82) is 0 Å². The molecule has 1 aromatic rings. The summed E-state index contributed by atoms with van der Waals surface area (Å²) in [5.41, 5.74) is -1.80. The van der Waals surface area contributed by atoms with Crippen LogP contribution >= 0.6 is 0 Å². The molecule has 1 nitrogen and oxygen atoms in total. The van der Waals surface area contributed by atoms with Gasteiger partial charge in [-0.2, -0.15) is 13.2 Å². The second-order valence-electron chi connectivity index (χ2n) is 5.50. The highest BCUT2D eigenvalue weighted by atomic mass is 19.4. The van der Waals surface area contributed by atoms with Crippen LogP contribution < -0.4 is 0 Å². The van der Waals surface area contributed by atoms with E-state index in [0.717, 1.165) is 25.0 Å². The predicted octanol–water partition coefficient (Wildman–Crippen LogP) is 4.85. The summed E-state index contributed by atoms with van der Waals surface area (Å²) in [5.74, 6) is -1.95. The molecular formula is C15H16F4O. The molecule has 0 spiro atoms. The van der Waals surface area contributed by atoms with Crippen molar-refractivity contribution in [2.24, 2.45) is 11.8 Å². The maximum atomic E-state index is 13.9. The third kappa shape index (κ3) is 3.02. The van der Waals surface area contributed by atoms with Crippen LogP contribution in [0.25, 0.3) is 0 Å². The first kappa shape index (κ1) is 15.0. The number of hydrogen-bond acceptors (Lipinski definition) is 1. The summed E-state index contributed by atoms with van der Waals surface area (Å²) in [5, 5.41) is 0. The molecule has 2 rings (SSSR count). The Bertz CT molecular complexity index is 507. The summed E-state index contributed by atoms with van der Waals surface area (Å²) in [6, 6.07) is 2.90. The molecular weight excluding hydrogens is 272 g/mol. The van der Waals surface area contributed by atoms with Gasteiger partial charge in [-0.25, -0.2) is 4.39 Å². The number of benzene rings is 1. The highest BCUT2D eigenvalue weighted by Crippen LogP contribution is 2.35. The summed E-state index contributed by atoms with van der Waals surface area (Å²) in [7, 11) is 0. The van der Waals surface area contributed by atoms with Crippen LogP contribution in [0.5, 0.6) is 0 Å². The van der Waals surface area contributed by atoms with E-state index in [4.69, 9.17) is 0 Å². The van der Waals surface area contributed by atoms with E-state index >= 15 is 0 Å². The van der Waals surface area contributed by atoms with Crippen molar-refractivity contribution in [3.63, 3.8) is 0 Å². The van der Waals surface area contributed by atoms with E-state index in [0.29, 0.717) is 24.8 Å². The van der Waals surface area contributed by atoms with Crippen LogP contribution in [0.3, 0.4) is 0 Å². The zero-order valence-corrected chi connectivity index (χ0v) is 11.1. The SMILES string of the molecule is CC1CCCC(C(=O)c2cccc(C(F)(F)F)c2F)C1. The van der Waals surface area contributed by atoms with Gasteiger partial charge in [0.05, 0.1) is 11.1 Å². The Morgan fingerprint density at radius 1 is 1.25 bits per heavy atom. The van der Waals surface area contributed by atoms with Crippen molar-refractivity contribution in [1.82, 2.24) is 0 Å². The van der Waals surface area contributed by atoms with Gasteiger partial charge in [0.15, 0.2) is 5.78 Å². The third-order valence-corrected chi connectivity index (χ3v) is 3.88. The molecule has 1 aliphatic rings. The first-order valence-electron chi connectivity index (χ1n) is 6.70. The van der Waals surface area contributed by atoms with E-state index in [1.807, 2.05) is 6.92 Å². The van der Waals surface area contributed by atoms with Crippen LogP contribution in [0.2, 0.25) is 0 Å². The lowest BCUT2D eigenvalue weighted by atomic mass is 9.78. The molecule has 2 atom stereocenters. The first-order chi connectivity index (χ1) is 9.30. The number of alkyl halides is 3. The van der Waals surface area contributed by atoms with E-state index in [-0.39, 0.29) is 5.92 Å². The third-order valence-electron chi connectivity index (χ3n) is 3.88. The average Bonchev–Trinajstić information content (AvgIpc) is 2.37. The molecule has 0 amide bonds. The lowest BCUT2D eigenvalue weighted by Crippen LogP contribution is -2.23. The molecule has 1 aromatic carbocycles. The quantitative estimate of drug-likeness (QED) is 0.561. The van der Waals surface area contributed by atoms with E-state index < -0.39 is 28.9 Å². The Labute approximate surface area is 115 Å². The fraction of sp³-hybridized carbons (Fsp3) is 0.533. The van der Waals surface area contributed by atoms with Crippen LogP contribution in [0.1, 0.15) is 48.5 Å². The largest absolute Gasteiger partial charge is 0.419 e. The van der Waals surface area contributed by atoms with Crippen molar-refractivity contribution in [2.45, 2.75) is 38.8 Å². The minimum Gasteiger partial charge on any atom is -0.294 e. The Balaban J connectivity index is 2.31. The van der Waals surface area contributed by atoms with Gasteiger partial charge < -0.3 is 0 Å². The smallest absolute Gasteiger partial charge is 0.294 e. The standard InChI is InChI=1S/C15H16F4O/c1-9-4-2-5-10(8-9)14(20)11-6-3-7-12(13(11)16)15(17,18)19/h3,6-7,9-10H,2,4-5,8H2,1H3. The average molecular weight is 288 g/mol. The Morgan fingerprint density at radius 2 is 1.95 bits per heavy atom. The second kappa shape index (κ2) is 5.54. The van der Waals surface area contributed by atoms with Crippen molar-refractivity contribution in [3.05, 3.63) is 35.1 Å². The summed E-state index contributed by atoms with van der Waals surface area (Å²) < 4.78 is 51.9. The molecule has 0 bridgehead atoms. The van der Waals surface area contributed by atoms with Gasteiger partial charge in [-0.15, -0.1) is 0 Å². The molecule has 5 heteroatoms. The van der Waals surface area contributed by atoms with Gasteiger partial charge in [0.2, 0.25) is 0 Å². The molecule has 0 radical (unpaired) electrons. The predicted molar refractivity (Wildman–Crippen MR) is 66.9 cm³/mol. The number of carbonyl (C=O) groups is 1. The van der Waals surface area contributed by atoms with Crippen molar-refractivity contribution >= 4 is 5.78 Å². The summed E-state index contributed by atoms with van der Waals surface area (Å²) in [6.45, 7) is 2.00. The van der Waals surface area contributed by atoms with Crippen molar-refractivity contribution in [3.8, 4) is 0 Å². The number of Topliss-reactive ketones (excluding diaryl/α,β-unsaturated/α-hetero) is 1. The minimum atomic E-state index is -4.78. The van der Waals surface area contributed by atoms with Gasteiger partial charge in [0.1, 0.15) is 5.82 Å². The molecule has 0 aromatic heterocycles. The summed E-state index contributed by atoms with van der Waals surface area (Å²) in [6.07, 6.45) is -1.67. The number of carbonyl (C=O) groups excluding carboxylic acids is 1. The van der Waals surface area contributed by atoms with Gasteiger partial charge in [0.25, 0.3) is 0 Å². The molecule has 0 N–H and O–H groups in total. The second-order valence-corrected chi connectivity index (χ2v) is 5.50. The van der Waals surface area contributed by atoms with E-state index in [9.17, 15) is 22.4 Å². The molecule has 0 saturated heterocycles. The molecule has 1 aliphatic carbocycles. The maximum absolute atomic E-state index is 13.9. The summed E-state index contributed by atoms with van der Waals surface area (Å²) in [4.78, 5) is 12.2. The van der Waals surface area contributed by atoms with Crippen LogP contribution in [-0.4, -0.2) is 5.78 Å². The van der Waals surface area contributed by atoms with E-state index in [2.05, 4.69) is 0 Å². The Hall–Kier alpha value is -1.39. The highest BCUT2D eigenvalue weighted by Gasteiger charge is 2.37. The number of rotatable bonds is 2. The van der Waals surface area contributed by atoms with E-state index in [1.54, 1.807) is 0 Å². The van der Waals surface area contributed by atoms with Crippen LogP contribution in [-0.2, 0) is 6.18 Å². The van der Waals surface area contributed by atoms with Gasteiger partial charge in [0, 0.05) is 5.92 Å². The molecule has 0 heterocycles. The van der Waals surface area contributed by atoms with Crippen LogP contribution in [0.4, 0.5) is 17.6 Å². The molecule has 20 heavy (non-hydrogen) atoms. The zero-order valence-electron chi connectivity index (χ0n) is 11.1. The number of halogens is 4. The molecule has 2 unspecified atom stereocenters. The molecule has 1 saturated carbocycles. The normalized spacial score (nSPS) is 23.6. The highest BCUT2D eigenvalue weighted by molar-refractivity contribution is 5.98. The molecule has 110 valence electrons. The van der Waals surface area contributed by atoms with Gasteiger partial charge in [-0.1, -0.05) is 25.8 Å². The summed E-state index contributed by atoms with van der Waals surface area (Å²) >= 11 is 0. The van der Waals surface area contributed by atoms with Gasteiger partial charge in [-0.05, 0) is 30.9 Å². The lowest BCUT2D eigenvalue weighted by Gasteiger charge is -2.26. The first-order valence-corrected chi connectivity index (χ1v) is 6.70. The Kier molecular flexibility index (Phi) is 4.16. The van der Waals surface area contributed by atoms with E-state index in [1.165, 1.54) is 0 Å². The molecule has 0 aliphatic heterocycles. The topological polar surface area (TPSA) is 17.1 Å². The zero-order chi connectivity index (χ0) is 14.9. The van der Waals surface area contributed by atoms with Gasteiger partial charge in [-0.3, -0.25) is 4.79 Å². The fourth-order valence-corrected chi connectivity index (χ4v) is 2.83. The number of ketones is 1. The fourth-order valence-electron chi connectivity index (χ4n) is 2.83. The van der Waals surface area contributed by atoms with Crippen molar-refractivity contribution in [2.75, 3.05) is 0 Å². The monoisotopic (exact) mass is 288 g/mol. The molecule has 1 fully saturated rings. The van der Waals surface area contributed by atoms with Crippen molar-refractivity contribution < 1.29 is 22.4 Å².